The topological polar surface area (TPSA) is 49.0 Å². The van der Waals surface area contributed by atoms with E-state index in [1.807, 2.05) is 0 Å². The van der Waals surface area contributed by atoms with Crippen LogP contribution in [0.15, 0.2) is 4.79 Å². The minimum absolute atomic E-state index is 0.00765. The Morgan fingerprint density at radius 2 is 2.20 bits per heavy atom. The largest absolute Gasteiger partial charge is 0.358 e. The first-order valence-electron chi connectivity index (χ1n) is 8.94. The van der Waals surface area contributed by atoms with Gasteiger partial charge in [-0.15, -0.1) is 11.3 Å². The lowest BCUT2D eigenvalue weighted by atomic mass is 9.89. The Labute approximate surface area is 162 Å². The Kier molecular flexibility index (Phi) is 5.85. The highest BCUT2D eigenvalue weighted by molar-refractivity contribution is 8.23. The van der Waals surface area contributed by atoms with Crippen LogP contribution in [-0.2, 0) is 12.8 Å². The zero-order chi connectivity index (χ0) is 18.1. The Bertz CT molecular complexity index is 838. The Morgan fingerprint density at radius 3 is 2.88 bits per heavy atom. The molecule has 2 heterocycles. The number of thiophene rings is 1. The minimum Gasteiger partial charge on any atom is -0.358 e. The molecule has 3 rings (SSSR count). The number of nitrogens with one attached hydrogen (secondary N) is 1. The first kappa shape index (κ1) is 18.9. The lowest BCUT2D eigenvalue weighted by Crippen LogP contribution is -2.27. The third-order valence-corrected chi connectivity index (χ3v) is 7.60. The van der Waals surface area contributed by atoms with Crippen molar-refractivity contribution >= 4 is 49.9 Å². The molecule has 25 heavy (non-hydrogen) atoms. The van der Waals surface area contributed by atoms with Gasteiger partial charge in [0.2, 0.25) is 0 Å². The lowest BCUT2D eigenvalue weighted by molar-refractivity contribution is 0.482. The number of hydrogen-bond donors (Lipinski definition) is 1. The molecule has 0 bridgehead atoms. The van der Waals surface area contributed by atoms with Crippen molar-refractivity contribution in [2.24, 2.45) is 5.92 Å². The molecule has 4 nitrogen and oxygen atoms in total. The van der Waals surface area contributed by atoms with Crippen LogP contribution in [0, 0.1) is 5.92 Å². The van der Waals surface area contributed by atoms with Crippen molar-refractivity contribution in [3.63, 3.8) is 0 Å². The molecule has 2 aromatic rings. The van der Waals surface area contributed by atoms with E-state index in [1.165, 1.54) is 10.4 Å². The quantitative estimate of drug-likeness (QED) is 0.771. The number of aromatic amines is 1. The molecule has 136 valence electrons. The zero-order valence-electron chi connectivity index (χ0n) is 15.2. The van der Waals surface area contributed by atoms with Crippen LogP contribution in [0.3, 0.4) is 0 Å². The molecular formula is C18H25N3OS3. The summed E-state index contributed by atoms with van der Waals surface area (Å²) >= 11 is 8.83. The van der Waals surface area contributed by atoms with Crippen LogP contribution in [0.2, 0.25) is 0 Å². The second kappa shape index (κ2) is 7.76. The molecule has 0 spiro atoms. The highest BCUT2D eigenvalue weighted by Crippen LogP contribution is 2.36. The average Bonchev–Trinajstić information content (AvgIpc) is 2.93. The van der Waals surface area contributed by atoms with Crippen molar-refractivity contribution < 1.29 is 0 Å². The van der Waals surface area contributed by atoms with E-state index in [0.717, 1.165) is 52.7 Å². The standard InChI is InChI=1S/C18H25N3OS3/c1-5-21(6-2)18(23)24-11(4)15-19-16(22)14-12-8-7-10(3)9-13(12)25-17(14)20-15/h10-11H,5-9H2,1-4H3,(H,19,20,22). The van der Waals surface area contributed by atoms with Crippen LogP contribution in [0.5, 0.6) is 0 Å². The molecular weight excluding hydrogens is 370 g/mol. The summed E-state index contributed by atoms with van der Waals surface area (Å²) in [6, 6.07) is 0. The van der Waals surface area contributed by atoms with Crippen LogP contribution < -0.4 is 5.56 Å². The van der Waals surface area contributed by atoms with Gasteiger partial charge in [0, 0.05) is 18.0 Å². The molecule has 0 saturated heterocycles. The monoisotopic (exact) mass is 395 g/mol. The fourth-order valence-electron chi connectivity index (χ4n) is 3.32. The van der Waals surface area contributed by atoms with E-state index < -0.39 is 0 Å². The SMILES string of the molecule is CCN(CC)C(=S)SC(C)c1nc2sc3c(c2c(=O)[nH]1)CCC(C)C3. The van der Waals surface area contributed by atoms with Gasteiger partial charge in [0.15, 0.2) is 0 Å². The normalized spacial score (nSPS) is 18.2. The van der Waals surface area contributed by atoms with Crippen molar-refractivity contribution in [3.8, 4) is 0 Å². The molecule has 1 aliphatic carbocycles. The summed E-state index contributed by atoms with van der Waals surface area (Å²) in [6.07, 6.45) is 3.23. The maximum absolute atomic E-state index is 12.7. The summed E-state index contributed by atoms with van der Waals surface area (Å²) in [7, 11) is 0. The molecule has 2 aromatic heterocycles. The van der Waals surface area contributed by atoms with Crippen LogP contribution in [0.4, 0.5) is 0 Å². The number of thioether (sulfide) groups is 1. The molecule has 7 heteroatoms. The predicted octanol–water partition coefficient (Wildman–Crippen LogP) is 4.53. The van der Waals surface area contributed by atoms with Crippen LogP contribution in [0.1, 0.15) is 55.6 Å². The number of aromatic nitrogens is 2. The van der Waals surface area contributed by atoms with Gasteiger partial charge in [-0.05, 0) is 51.5 Å². The van der Waals surface area contributed by atoms with E-state index in [2.05, 4.69) is 37.6 Å². The maximum atomic E-state index is 12.7. The summed E-state index contributed by atoms with van der Waals surface area (Å²) in [4.78, 5) is 24.9. The number of H-pyrrole nitrogens is 1. The van der Waals surface area contributed by atoms with Gasteiger partial charge in [-0.25, -0.2) is 4.98 Å². The highest BCUT2D eigenvalue weighted by atomic mass is 32.2. The van der Waals surface area contributed by atoms with Crippen LogP contribution in [0.25, 0.3) is 10.2 Å². The molecule has 0 aliphatic heterocycles. The summed E-state index contributed by atoms with van der Waals surface area (Å²) in [6.45, 7) is 10.3. The maximum Gasteiger partial charge on any atom is 0.259 e. The summed E-state index contributed by atoms with van der Waals surface area (Å²) in [5.74, 6) is 1.42. The first-order chi connectivity index (χ1) is 11.9. The molecule has 0 radical (unpaired) electrons. The van der Waals surface area contributed by atoms with Gasteiger partial charge >= 0.3 is 0 Å². The summed E-state index contributed by atoms with van der Waals surface area (Å²) in [5, 5.41) is 0.849. The van der Waals surface area contributed by atoms with E-state index in [4.69, 9.17) is 17.2 Å². The number of rotatable bonds is 4. The van der Waals surface area contributed by atoms with E-state index in [-0.39, 0.29) is 10.8 Å². The second-order valence-corrected chi connectivity index (χ2v) is 9.74. The molecule has 0 saturated carbocycles. The molecule has 1 aliphatic rings. The average molecular weight is 396 g/mol. The van der Waals surface area contributed by atoms with E-state index >= 15 is 0 Å². The number of nitrogens with zero attached hydrogens (tertiary/aromatic N) is 2. The highest BCUT2D eigenvalue weighted by Gasteiger charge is 2.24. The molecule has 1 N–H and O–H groups in total. The Morgan fingerprint density at radius 1 is 1.48 bits per heavy atom. The first-order valence-corrected chi connectivity index (χ1v) is 11.0. The third-order valence-electron chi connectivity index (χ3n) is 4.87. The van der Waals surface area contributed by atoms with Gasteiger partial charge in [-0.1, -0.05) is 30.9 Å². The number of hydrogen-bond acceptors (Lipinski definition) is 5. The number of thiocarbonyl (C=S) groups is 1. The van der Waals surface area contributed by atoms with Gasteiger partial charge in [0.05, 0.1) is 10.6 Å². The van der Waals surface area contributed by atoms with Crippen LogP contribution >= 0.6 is 35.3 Å². The van der Waals surface area contributed by atoms with Crippen molar-refractivity contribution in [1.82, 2.24) is 14.9 Å². The van der Waals surface area contributed by atoms with E-state index in [1.54, 1.807) is 23.1 Å². The molecule has 0 amide bonds. The minimum atomic E-state index is 0.00765. The fraction of sp³-hybridized carbons (Fsp3) is 0.611. The van der Waals surface area contributed by atoms with Gasteiger partial charge in [0.25, 0.3) is 5.56 Å². The summed E-state index contributed by atoms with van der Waals surface area (Å²) < 4.78 is 0.861. The van der Waals surface area contributed by atoms with E-state index in [9.17, 15) is 4.79 Å². The van der Waals surface area contributed by atoms with Crippen molar-refractivity contribution in [1.29, 1.82) is 0 Å². The molecule has 2 unspecified atom stereocenters. The van der Waals surface area contributed by atoms with Gasteiger partial charge < -0.3 is 9.88 Å². The molecule has 2 atom stereocenters. The number of fused-ring (bicyclic) bond motifs is 3. The van der Waals surface area contributed by atoms with Gasteiger partial charge in [-0.3, -0.25) is 4.79 Å². The smallest absolute Gasteiger partial charge is 0.259 e. The van der Waals surface area contributed by atoms with Crippen molar-refractivity contribution in [2.45, 2.75) is 52.2 Å². The van der Waals surface area contributed by atoms with Crippen molar-refractivity contribution in [2.75, 3.05) is 13.1 Å². The molecule has 0 fully saturated rings. The lowest BCUT2D eigenvalue weighted by Gasteiger charge is -2.22. The number of aryl methyl sites for hydroxylation is 1. The van der Waals surface area contributed by atoms with Gasteiger partial charge in [0.1, 0.15) is 15.0 Å². The molecule has 0 aromatic carbocycles. The van der Waals surface area contributed by atoms with Gasteiger partial charge in [-0.2, -0.15) is 0 Å². The Hall–Kier alpha value is -0.920. The zero-order valence-corrected chi connectivity index (χ0v) is 17.7. The van der Waals surface area contributed by atoms with E-state index in [0.29, 0.717) is 5.92 Å². The van der Waals surface area contributed by atoms with Crippen molar-refractivity contribution in [3.05, 3.63) is 26.6 Å². The predicted molar refractivity (Wildman–Crippen MR) is 113 cm³/mol. The third kappa shape index (κ3) is 3.78. The fourth-order valence-corrected chi connectivity index (χ4v) is 6.34. The summed E-state index contributed by atoms with van der Waals surface area (Å²) in [5.41, 5.74) is 1.24. The Balaban J connectivity index is 1.91. The van der Waals surface area contributed by atoms with Crippen LogP contribution in [-0.4, -0.2) is 32.3 Å². The second-order valence-electron chi connectivity index (χ2n) is 6.68.